The summed E-state index contributed by atoms with van der Waals surface area (Å²) in [4.78, 5) is 21.4. The Kier molecular flexibility index (Phi) is 4.03. The van der Waals surface area contributed by atoms with Gasteiger partial charge in [0.1, 0.15) is 0 Å². The van der Waals surface area contributed by atoms with Crippen LogP contribution in [0, 0.1) is 13.8 Å². The fraction of sp³-hybridized carbons (Fsp3) is 0.190. The average molecular weight is 359 g/mol. The summed E-state index contributed by atoms with van der Waals surface area (Å²) in [6.45, 7) is 4.18. The number of anilines is 1. The van der Waals surface area contributed by atoms with Crippen LogP contribution in [0.15, 0.2) is 48.9 Å². The summed E-state index contributed by atoms with van der Waals surface area (Å²) in [6.07, 6.45) is 3.52. The van der Waals surface area contributed by atoms with E-state index < -0.39 is 0 Å². The SMILES string of the molecule is Cc1ccc(-c2cnc(NC(=O)c3ccc4c(c3)ncn4C)n2C)cc1C. The van der Waals surface area contributed by atoms with E-state index in [-0.39, 0.29) is 5.91 Å². The molecule has 4 rings (SSSR count). The van der Waals surface area contributed by atoms with Gasteiger partial charge in [-0.15, -0.1) is 0 Å². The van der Waals surface area contributed by atoms with Gasteiger partial charge in [0.25, 0.3) is 5.91 Å². The highest BCUT2D eigenvalue weighted by Crippen LogP contribution is 2.24. The van der Waals surface area contributed by atoms with Crippen molar-refractivity contribution in [3.8, 4) is 11.3 Å². The number of carbonyl (C=O) groups is 1. The van der Waals surface area contributed by atoms with E-state index in [0.29, 0.717) is 11.5 Å². The van der Waals surface area contributed by atoms with E-state index >= 15 is 0 Å². The molecule has 2 aromatic carbocycles. The molecule has 0 unspecified atom stereocenters. The maximum atomic E-state index is 12.7. The number of rotatable bonds is 3. The molecule has 0 atom stereocenters. The molecule has 0 radical (unpaired) electrons. The van der Waals surface area contributed by atoms with Gasteiger partial charge in [0.2, 0.25) is 5.95 Å². The predicted octanol–water partition coefficient (Wildman–Crippen LogP) is 3.84. The van der Waals surface area contributed by atoms with Gasteiger partial charge in [0, 0.05) is 25.2 Å². The summed E-state index contributed by atoms with van der Waals surface area (Å²) in [5.41, 5.74) is 6.83. The van der Waals surface area contributed by atoms with Crippen LogP contribution in [0.25, 0.3) is 22.3 Å². The van der Waals surface area contributed by atoms with Crippen molar-refractivity contribution in [1.82, 2.24) is 19.1 Å². The number of hydrogen-bond acceptors (Lipinski definition) is 3. The molecule has 0 saturated heterocycles. The van der Waals surface area contributed by atoms with Gasteiger partial charge in [-0.05, 0) is 49.2 Å². The first-order chi connectivity index (χ1) is 12.9. The van der Waals surface area contributed by atoms with Gasteiger partial charge in [-0.3, -0.25) is 10.1 Å². The molecule has 0 fully saturated rings. The Morgan fingerprint density at radius 1 is 1.00 bits per heavy atom. The van der Waals surface area contributed by atoms with Gasteiger partial charge in [0.05, 0.1) is 29.3 Å². The summed E-state index contributed by atoms with van der Waals surface area (Å²) in [7, 11) is 3.83. The van der Waals surface area contributed by atoms with Crippen LogP contribution in [0.4, 0.5) is 5.95 Å². The quantitative estimate of drug-likeness (QED) is 0.604. The minimum atomic E-state index is -0.206. The highest BCUT2D eigenvalue weighted by Gasteiger charge is 2.14. The molecule has 0 aliphatic carbocycles. The smallest absolute Gasteiger partial charge is 0.258 e. The fourth-order valence-electron chi connectivity index (χ4n) is 3.15. The lowest BCUT2D eigenvalue weighted by atomic mass is 10.0. The Labute approximate surface area is 157 Å². The maximum absolute atomic E-state index is 12.7. The van der Waals surface area contributed by atoms with Crippen molar-refractivity contribution in [3.63, 3.8) is 0 Å². The minimum Gasteiger partial charge on any atom is -0.334 e. The normalized spacial score (nSPS) is 11.1. The zero-order valence-electron chi connectivity index (χ0n) is 15.8. The summed E-state index contributed by atoms with van der Waals surface area (Å²) in [5.74, 6) is 0.303. The molecule has 6 nitrogen and oxygen atoms in total. The molecule has 0 bridgehead atoms. The van der Waals surface area contributed by atoms with Crippen molar-refractivity contribution < 1.29 is 4.79 Å². The van der Waals surface area contributed by atoms with Crippen LogP contribution in [-0.4, -0.2) is 25.0 Å². The van der Waals surface area contributed by atoms with E-state index in [1.807, 2.05) is 29.3 Å². The molecule has 27 heavy (non-hydrogen) atoms. The van der Waals surface area contributed by atoms with Crippen molar-refractivity contribution in [3.05, 3.63) is 65.6 Å². The van der Waals surface area contributed by atoms with Gasteiger partial charge in [0.15, 0.2) is 0 Å². The van der Waals surface area contributed by atoms with E-state index in [4.69, 9.17) is 0 Å². The molecular weight excluding hydrogens is 338 g/mol. The number of amides is 1. The lowest BCUT2D eigenvalue weighted by molar-refractivity contribution is 0.102. The molecule has 0 saturated carbocycles. The maximum Gasteiger partial charge on any atom is 0.258 e. The highest BCUT2D eigenvalue weighted by atomic mass is 16.1. The summed E-state index contributed by atoms with van der Waals surface area (Å²) >= 11 is 0. The number of carbonyl (C=O) groups excluding carboxylic acids is 1. The number of hydrogen-bond donors (Lipinski definition) is 1. The molecule has 0 spiro atoms. The van der Waals surface area contributed by atoms with E-state index in [9.17, 15) is 4.79 Å². The Bertz CT molecular complexity index is 1170. The van der Waals surface area contributed by atoms with Crippen LogP contribution in [-0.2, 0) is 14.1 Å². The van der Waals surface area contributed by atoms with E-state index in [1.54, 1.807) is 24.7 Å². The van der Waals surface area contributed by atoms with Gasteiger partial charge in [-0.1, -0.05) is 12.1 Å². The molecule has 4 aromatic rings. The van der Waals surface area contributed by atoms with Crippen LogP contribution in [0.5, 0.6) is 0 Å². The zero-order chi connectivity index (χ0) is 19.1. The average Bonchev–Trinajstić information content (AvgIpc) is 3.20. The van der Waals surface area contributed by atoms with Crippen LogP contribution in [0.2, 0.25) is 0 Å². The number of nitrogens with zero attached hydrogens (tertiary/aromatic N) is 4. The second-order valence-corrected chi connectivity index (χ2v) is 6.84. The number of benzene rings is 2. The number of nitrogens with one attached hydrogen (secondary N) is 1. The second-order valence-electron chi connectivity index (χ2n) is 6.84. The minimum absolute atomic E-state index is 0.206. The van der Waals surface area contributed by atoms with Crippen molar-refractivity contribution in [2.24, 2.45) is 14.1 Å². The number of aryl methyl sites for hydroxylation is 3. The molecule has 6 heteroatoms. The van der Waals surface area contributed by atoms with Gasteiger partial charge in [-0.2, -0.15) is 0 Å². The van der Waals surface area contributed by atoms with Crippen molar-refractivity contribution in [1.29, 1.82) is 0 Å². The zero-order valence-corrected chi connectivity index (χ0v) is 15.8. The first kappa shape index (κ1) is 17.0. The summed E-state index contributed by atoms with van der Waals surface area (Å²) in [6, 6.07) is 11.8. The number of aromatic nitrogens is 4. The third-order valence-electron chi connectivity index (χ3n) is 5.00. The van der Waals surface area contributed by atoms with Crippen molar-refractivity contribution in [2.75, 3.05) is 5.32 Å². The number of imidazole rings is 2. The van der Waals surface area contributed by atoms with Crippen LogP contribution in [0.3, 0.4) is 0 Å². The van der Waals surface area contributed by atoms with E-state index in [0.717, 1.165) is 22.3 Å². The van der Waals surface area contributed by atoms with Crippen LogP contribution >= 0.6 is 0 Å². The Morgan fingerprint density at radius 2 is 1.81 bits per heavy atom. The molecule has 0 aliphatic heterocycles. The topological polar surface area (TPSA) is 64.7 Å². The predicted molar refractivity (Wildman–Crippen MR) is 107 cm³/mol. The van der Waals surface area contributed by atoms with E-state index in [1.165, 1.54) is 11.1 Å². The molecule has 136 valence electrons. The van der Waals surface area contributed by atoms with Crippen molar-refractivity contribution in [2.45, 2.75) is 13.8 Å². The first-order valence-corrected chi connectivity index (χ1v) is 8.76. The molecule has 0 aliphatic rings. The molecule has 2 heterocycles. The van der Waals surface area contributed by atoms with Crippen molar-refractivity contribution >= 4 is 22.9 Å². The second kappa shape index (κ2) is 6.39. The van der Waals surface area contributed by atoms with Gasteiger partial charge in [-0.25, -0.2) is 9.97 Å². The molecule has 2 aromatic heterocycles. The highest BCUT2D eigenvalue weighted by molar-refractivity contribution is 6.05. The first-order valence-electron chi connectivity index (χ1n) is 8.76. The Balaban J connectivity index is 1.61. The van der Waals surface area contributed by atoms with Gasteiger partial charge >= 0.3 is 0 Å². The molecule has 1 amide bonds. The summed E-state index contributed by atoms with van der Waals surface area (Å²) < 4.78 is 3.81. The third-order valence-corrected chi connectivity index (χ3v) is 5.00. The third kappa shape index (κ3) is 2.99. The Morgan fingerprint density at radius 3 is 2.59 bits per heavy atom. The number of fused-ring (bicyclic) bond motifs is 1. The lowest BCUT2D eigenvalue weighted by Gasteiger charge is -2.09. The molecule has 1 N–H and O–H groups in total. The van der Waals surface area contributed by atoms with Crippen LogP contribution in [0.1, 0.15) is 21.5 Å². The standard InChI is InChI=1S/C21H21N5O/c1-13-5-6-15(9-14(13)2)19-11-22-21(26(19)4)24-20(27)16-7-8-18-17(10-16)23-12-25(18)3/h5-12H,1-4H3,(H,22,24,27). The molecular formula is C21H21N5O. The monoisotopic (exact) mass is 359 g/mol. The summed E-state index contributed by atoms with van der Waals surface area (Å²) in [5, 5.41) is 2.89. The van der Waals surface area contributed by atoms with Gasteiger partial charge < -0.3 is 9.13 Å². The van der Waals surface area contributed by atoms with Crippen LogP contribution < -0.4 is 5.32 Å². The fourth-order valence-corrected chi connectivity index (χ4v) is 3.15. The largest absolute Gasteiger partial charge is 0.334 e. The van der Waals surface area contributed by atoms with E-state index in [2.05, 4.69) is 47.3 Å². The Hall–Kier alpha value is -3.41. The lowest BCUT2D eigenvalue weighted by Crippen LogP contribution is -2.15.